The molecule has 2 aromatic carbocycles. The fraction of sp³-hybridized carbons (Fsp3) is 0.273. The number of aromatic nitrogens is 2. The lowest BCUT2D eigenvalue weighted by atomic mass is 10.1. The van der Waals surface area contributed by atoms with Gasteiger partial charge >= 0.3 is 0 Å². The van der Waals surface area contributed by atoms with E-state index < -0.39 is 21.3 Å². The van der Waals surface area contributed by atoms with Crippen LogP contribution in [0.5, 0.6) is 11.5 Å². The first-order chi connectivity index (χ1) is 15.2. The fourth-order valence-corrected chi connectivity index (χ4v) is 5.56. The number of hydrogen-bond acceptors (Lipinski definition) is 8. The molecule has 3 heterocycles. The highest BCUT2D eigenvalue weighted by Crippen LogP contribution is 2.48. The number of phenolic OH excluding ortho intramolecular Hbond substituents is 1. The monoisotopic (exact) mass is 531 g/mol. The number of phenols is 1. The molecule has 0 spiro atoms. The molecule has 0 bridgehead atoms. The van der Waals surface area contributed by atoms with Crippen molar-refractivity contribution in [2.75, 3.05) is 41.4 Å². The van der Waals surface area contributed by atoms with Crippen molar-refractivity contribution in [3.05, 3.63) is 54.1 Å². The van der Waals surface area contributed by atoms with Crippen molar-refractivity contribution in [3.63, 3.8) is 0 Å². The molecule has 31 heavy (non-hydrogen) atoms. The molecule has 0 aliphatic carbocycles. The summed E-state index contributed by atoms with van der Waals surface area (Å²) in [6.45, 7) is 3.56. The average molecular weight is 531 g/mol. The van der Waals surface area contributed by atoms with Gasteiger partial charge in [0, 0.05) is 18.7 Å². The first-order valence-corrected chi connectivity index (χ1v) is 11.9. The summed E-state index contributed by atoms with van der Waals surface area (Å²) in [5.74, 6) is 2.59. The Balaban J connectivity index is 1.54. The third-order valence-corrected chi connectivity index (χ3v) is 7.21. The minimum atomic E-state index is -0.620. The van der Waals surface area contributed by atoms with E-state index in [0.29, 0.717) is 19.2 Å². The SMILES string of the molecule is COc1ccc(CN2I=Nc3c(-c4cccc(O)c4)nc(N4CCOCC4)nc32)cc1. The first-order valence-electron chi connectivity index (χ1n) is 10.0. The maximum absolute atomic E-state index is 10.0. The molecular weight excluding hydrogens is 509 g/mol. The molecule has 1 saturated heterocycles. The fourth-order valence-electron chi connectivity index (χ4n) is 3.55. The second-order valence-corrected chi connectivity index (χ2v) is 9.30. The number of rotatable bonds is 5. The van der Waals surface area contributed by atoms with Crippen LogP contribution in [0.25, 0.3) is 11.3 Å². The van der Waals surface area contributed by atoms with Crippen LogP contribution in [0, 0.1) is 0 Å². The molecular formula is C22H22IN5O3. The molecule has 1 aromatic heterocycles. The van der Waals surface area contributed by atoms with Gasteiger partial charge in [-0.25, -0.2) is 4.98 Å². The van der Waals surface area contributed by atoms with Gasteiger partial charge in [0.05, 0.1) is 26.9 Å². The normalized spacial score (nSPS) is 15.5. The van der Waals surface area contributed by atoms with Crippen LogP contribution in [-0.4, -0.2) is 48.5 Å². The highest BCUT2D eigenvalue weighted by Gasteiger charge is 2.27. The number of aromatic hydroxyl groups is 1. The summed E-state index contributed by atoms with van der Waals surface area (Å²) < 4.78 is 17.9. The van der Waals surface area contributed by atoms with E-state index in [1.165, 1.54) is 5.56 Å². The number of hydrogen-bond donors (Lipinski definition) is 1. The smallest absolute Gasteiger partial charge is 0.228 e. The number of halogens is 1. The van der Waals surface area contributed by atoms with Crippen LogP contribution in [-0.2, 0) is 11.3 Å². The Bertz CT molecular complexity index is 1120. The Morgan fingerprint density at radius 3 is 2.65 bits per heavy atom. The van der Waals surface area contributed by atoms with Gasteiger partial charge in [0.25, 0.3) is 0 Å². The predicted octanol–water partition coefficient (Wildman–Crippen LogP) is 4.42. The third-order valence-electron chi connectivity index (χ3n) is 5.19. The van der Waals surface area contributed by atoms with E-state index in [4.69, 9.17) is 22.6 Å². The standard InChI is InChI=1S/C22H22IN5O3/c1-30-18-7-5-15(6-8-18)14-28-21-20(26-23-28)19(16-3-2-4-17(29)13-16)24-22(25-21)27-9-11-31-12-10-27/h2-8,13,29H,9-12,14H2,1H3. The van der Waals surface area contributed by atoms with Gasteiger partial charge in [0.1, 0.15) is 44.2 Å². The minimum Gasteiger partial charge on any atom is -0.508 e. The van der Waals surface area contributed by atoms with Gasteiger partial charge in [-0.2, -0.15) is 8.13 Å². The zero-order chi connectivity index (χ0) is 21.2. The summed E-state index contributed by atoms with van der Waals surface area (Å²) >= 11 is -0.620. The second-order valence-electron chi connectivity index (χ2n) is 7.22. The van der Waals surface area contributed by atoms with Crippen LogP contribution in [0.15, 0.2) is 51.7 Å². The Labute approximate surface area is 191 Å². The molecule has 160 valence electrons. The lowest BCUT2D eigenvalue weighted by Gasteiger charge is -2.28. The zero-order valence-corrected chi connectivity index (χ0v) is 19.2. The lowest BCUT2D eigenvalue weighted by molar-refractivity contribution is 0.122. The Morgan fingerprint density at radius 1 is 1.10 bits per heavy atom. The van der Waals surface area contributed by atoms with Gasteiger partial charge in [-0.3, -0.25) is 3.11 Å². The number of ether oxygens (including phenoxy) is 2. The van der Waals surface area contributed by atoms with Crippen molar-refractivity contribution in [2.45, 2.75) is 6.54 Å². The van der Waals surface area contributed by atoms with Gasteiger partial charge in [0.15, 0.2) is 5.82 Å². The van der Waals surface area contributed by atoms with Crippen LogP contribution >= 0.6 is 21.3 Å². The van der Waals surface area contributed by atoms with Crippen LogP contribution in [0.4, 0.5) is 17.5 Å². The molecule has 1 N–H and O–H groups in total. The van der Waals surface area contributed by atoms with Crippen molar-refractivity contribution in [3.8, 4) is 22.8 Å². The van der Waals surface area contributed by atoms with Crippen LogP contribution < -0.4 is 12.8 Å². The number of morpholine rings is 1. The maximum Gasteiger partial charge on any atom is 0.228 e. The molecule has 0 radical (unpaired) electrons. The number of anilines is 2. The Hall–Kier alpha value is -2.79. The summed E-state index contributed by atoms with van der Waals surface area (Å²) in [7, 11) is 1.67. The van der Waals surface area contributed by atoms with Crippen molar-refractivity contribution >= 4 is 38.8 Å². The molecule has 2 aliphatic rings. The van der Waals surface area contributed by atoms with Crippen molar-refractivity contribution in [1.82, 2.24) is 9.97 Å². The van der Waals surface area contributed by atoms with E-state index in [2.05, 4.69) is 20.1 Å². The summed E-state index contributed by atoms with van der Waals surface area (Å²) in [5.41, 5.74) is 3.59. The summed E-state index contributed by atoms with van der Waals surface area (Å²) in [6.07, 6.45) is 0. The molecule has 9 heteroatoms. The molecule has 0 unspecified atom stereocenters. The highest BCUT2D eigenvalue weighted by atomic mass is 127. The molecule has 0 amide bonds. The molecule has 8 nitrogen and oxygen atoms in total. The first kappa shape index (κ1) is 20.1. The number of nitrogens with zero attached hydrogens (tertiary/aromatic N) is 5. The largest absolute Gasteiger partial charge is 0.508 e. The molecule has 1 fully saturated rings. The molecule has 0 atom stereocenters. The molecule has 5 rings (SSSR count). The Morgan fingerprint density at radius 2 is 1.90 bits per heavy atom. The number of fused-ring (bicyclic) bond motifs is 1. The van der Waals surface area contributed by atoms with Crippen molar-refractivity contribution in [1.29, 1.82) is 0 Å². The zero-order valence-electron chi connectivity index (χ0n) is 17.0. The third kappa shape index (κ3) is 4.19. The van der Waals surface area contributed by atoms with E-state index >= 15 is 0 Å². The molecule has 2 aliphatic heterocycles. The van der Waals surface area contributed by atoms with E-state index in [9.17, 15) is 5.11 Å². The van der Waals surface area contributed by atoms with Gasteiger partial charge < -0.3 is 19.5 Å². The van der Waals surface area contributed by atoms with Crippen LogP contribution in [0.3, 0.4) is 0 Å². The summed E-state index contributed by atoms with van der Waals surface area (Å²) in [5, 5.41) is 10.0. The highest BCUT2D eigenvalue weighted by molar-refractivity contribution is 14.2. The summed E-state index contributed by atoms with van der Waals surface area (Å²) in [4.78, 5) is 12.0. The van der Waals surface area contributed by atoms with Gasteiger partial charge in [-0.15, -0.1) is 0 Å². The summed E-state index contributed by atoms with van der Waals surface area (Å²) in [6, 6.07) is 15.2. The van der Waals surface area contributed by atoms with Crippen molar-refractivity contribution < 1.29 is 14.6 Å². The Kier molecular flexibility index (Phi) is 5.68. The van der Waals surface area contributed by atoms with Gasteiger partial charge in [-0.05, 0) is 29.8 Å². The molecule has 3 aromatic rings. The number of benzene rings is 2. The van der Waals surface area contributed by atoms with Crippen LogP contribution in [0.1, 0.15) is 5.56 Å². The quantitative estimate of drug-likeness (QED) is 0.386. The van der Waals surface area contributed by atoms with Crippen molar-refractivity contribution in [2.24, 2.45) is 3.15 Å². The maximum atomic E-state index is 10.0. The average Bonchev–Trinajstić information content (AvgIpc) is 3.22. The second kappa shape index (κ2) is 8.75. The topological polar surface area (TPSA) is 83.3 Å². The van der Waals surface area contributed by atoms with E-state index in [1.54, 1.807) is 19.2 Å². The van der Waals surface area contributed by atoms with Gasteiger partial charge in [0.2, 0.25) is 5.95 Å². The lowest BCUT2D eigenvalue weighted by Crippen LogP contribution is -2.37. The van der Waals surface area contributed by atoms with Crippen LogP contribution in [0.2, 0.25) is 0 Å². The predicted molar refractivity (Wildman–Crippen MR) is 127 cm³/mol. The van der Waals surface area contributed by atoms with E-state index in [-0.39, 0.29) is 5.75 Å². The number of methoxy groups -OCH3 is 1. The minimum absolute atomic E-state index is 0.209. The van der Waals surface area contributed by atoms with E-state index in [1.807, 2.05) is 24.3 Å². The van der Waals surface area contributed by atoms with E-state index in [0.717, 1.165) is 48.1 Å². The molecule has 0 saturated carbocycles. The van der Waals surface area contributed by atoms with Gasteiger partial charge in [-0.1, -0.05) is 24.3 Å².